The SMILES string of the molecule is C/C(=C\CNc1ncnc2c1ncn2[C@@H]1O[C@H](CO)[C@H](O)C1O)CO. The molecule has 0 aliphatic carbocycles. The summed E-state index contributed by atoms with van der Waals surface area (Å²) < 4.78 is 7.01. The summed E-state index contributed by atoms with van der Waals surface area (Å²) in [6.07, 6.45) is 0.443. The number of nitrogens with zero attached hydrogens (tertiary/aromatic N) is 4. The van der Waals surface area contributed by atoms with E-state index in [2.05, 4.69) is 20.3 Å². The van der Waals surface area contributed by atoms with Gasteiger partial charge in [0.2, 0.25) is 0 Å². The van der Waals surface area contributed by atoms with Crippen LogP contribution in [0.3, 0.4) is 0 Å². The van der Waals surface area contributed by atoms with E-state index < -0.39 is 31.1 Å². The van der Waals surface area contributed by atoms with Crippen LogP contribution in [0.5, 0.6) is 0 Å². The molecular weight excluding hydrogens is 330 g/mol. The molecule has 1 aliphatic heterocycles. The third-order valence-electron chi connectivity index (χ3n) is 4.12. The van der Waals surface area contributed by atoms with Crippen LogP contribution in [0.4, 0.5) is 5.82 Å². The number of rotatable bonds is 6. The average molecular weight is 351 g/mol. The van der Waals surface area contributed by atoms with Crippen molar-refractivity contribution >= 4 is 17.0 Å². The van der Waals surface area contributed by atoms with E-state index in [1.165, 1.54) is 17.2 Å². The predicted octanol–water partition coefficient (Wildman–Crippen LogP) is -1.21. The Morgan fingerprint density at radius 3 is 2.76 bits per heavy atom. The van der Waals surface area contributed by atoms with E-state index in [0.29, 0.717) is 23.5 Å². The Labute approximate surface area is 143 Å². The summed E-state index contributed by atoms with van der Waals surface area (Å²) in [5, 5.41) is 41.4. The number of aliphatic hydroxyl groups is 4. The van der Waals surface area contributed by atoms with Crippen LogP contribution in [0.1, 0.15) is 13.2 Å². The molecule has 136 valence electrons. The number of anilines is 1. The highest BCUT2D eigenvalue weighted by molar-refractivity contribution is 5.82. The molecule has 0 amide bonds. The van der Waals surface area contributed by atoms with Gasteiger partial charge in [0.1, 0.15) is 24.6 Å². The quantitative estimate of drug-likeness (QED) is 0.404. The molecule has 1 unspecified atom stereocenters. The van der Waals surface area contributed by atoms with Crippen LogP contribution in [-0.2, 0) is 4.74 Å². The maximum absolute atomic E-state index is 10.2. The topological polar surface area (TPSA) is 146 Å². The predicted molar refractivity (Wildman–Crippen MR) is 87.7 cm³/mol. The summed E-state index contributed by atoms with van der Waals surface area (Å²) in [5.41, 5.74) is 1.74. The number of hydrogen-bond acceptors (Lipinski definition) is 9. The lowest BCUT2D eigenvalue weighted by molar-refractivity contribution is -0.0511. The first-order valence-corrected chi connectivity index (χ1v) is 7.87. The van der Waals surface area contributed by atoms with Crippen LogP contribution in [0.25, 0.3) is 11.2 Å². The standard InChI is InChI=1S/C15H21N5O5/c1-8(4-21)2-3-16-13-10-14(18-6-17-13)20(7-19-10)15-12(24)11(23)9(5-22)25-15/h2,6-7,9,11-12,15,21-24H,3-5H2,1H3,(H,16,17,18)/b8-2+/t9-,11+,12?,15-/m1/s1. The molecule has 1 fully saturated rings. The summed E-state index contributed by atoms with van der Waals surface area (Å²) in [7, 11) is 0. The molecule has 0 radical (unpaired) electrons. The van der Waals surface area contributed by atoms with Gasteiger partial charge in [0, 0.05) is 6.54 Å². The third-order valence-corrected chi connectivity index (χ3v) is 4.12. The monoisotopic (exact) mass is 351 g/mol. The van der Waals surface area contributed by atoms with Gasteiger partial charge in [-0.05, 0) is 6.92 Å². The maximum atomic E-state index is 10.2. The van der Waals surface area contributed by atoms with E-state index >= 15 is 0 Å². The Kier molecular flexibility index (Phi) is 5.25. The molecule has 4 atom stereocenters. The Morgan fingerprint density at radius 2 is 2.08 bits per heavy atom. The summed E-state index contributed by atoms with van der Waals surface area (Å²) in [4.78, 5) is 12.6. The third kappa shape index (κ3) is 3.34. The molecule has 5 N–H and O–H groups in total. The maximum Gasteiger partial charge on any atom is 0.167 e. The molecule has 0 aromatic carbocycles. The minimum Gasteiger partial charge on any atom is -0.394 e. The lowest BCUT2D eigenvalue weighted by Gasteiger charge is -2.16. The van der Waals surface area contributed by atoms with Gasteiger partial charge in [0.15, 0.2) is 23.2 Å². The van der Waals surface area contributed by atoms with Crippen molar-refractivity contribution in [1.29, 1.82) is 0 Å². The smallest absolute Gasteiger partial charge is 0.167 e. The first-order chi connectivity index (χ1) is 12.1. The van der Waals surface area contributed by atoms with Gasteiger partial charge in [0.05, 0.1) is 19.5 Å². The summed E-state index contributed by atoms with van der Waals surface area (Å²) >= 11 is 0. The van der Waals surface area contributed by atoms with Crippen molar-refractivity contribution in [3.63, 3.8) is 0 Å². The summed E-state index contributed by atoms with van der Waals surface area (Å²) in [6.45, 7) is 1.85. The zero-order valence-corrected chi connectivity index (χ0v) is 13.6. The number of aliphatic hydroxyl groups excluding tert-OH is 4. The minimum absolute atomic E-state index is 0.0131. The van der Waals surface area contributed by atoms with Crippen LogP contribution >= 0.6 is 0 Å². The lowest BCUT2D eigenvalue weighted by Crippen LogP contribution is -2.33. The molecular formula is C15H21N5O5. The number of fused-ring (bicyclic) bond motifs is 1. The molecule has 10 heteroatoms. The lowest BCUT2D eigenvalue weighted by atomic mass is 10.1. The van der Waals surface area contributed by atoms with Gasteiger partial charge in [-0.3, -0.25) is 4.57 Å². The Balaban J connectivity index is 1.86. The van der Waals surface area contributed by atoms with Gasteiger partial charge in [-0.15, -0.1) is 0 Å². The van der Waals surface area contributed by atoms with Crippen molar-refractivity contribution < 1.29 is 25.2 Å². The Bertz CT molecular complexity index is 764. The van der Waals surface area contributed by atoms with E-state index in [1.54, 1.807) is 0 Å². The van der Waals surface area contributed by atoms with E-state index in [9.17, 15) is 15.3 Å². The highest BCUT2D eigenvalue weighted by Gasteiger charge is 2.44. The summed E-state index contributed by atoms with van der Waals surface area (Å²) in [5.74, 6) is 0.498. The van der Waals surface area contributed by atoms with Gasteiger partial charge in [-0.25, -0.2) is 15.0 Å². The van der Waals surface area contributed by atoms with Crippen molar-refractivity contribution in [2.75, 3.05) is 25.1 Å². The second kappa shape index (κ2) is 7.42. The van der Waals surface area contributed by atoms with Gasteiger partial charge in [0.25, 0.3) is 0 Å². The van der Waals surface area contributed by atoms with Gasteiger partial charge in [-0.2, -0.15) is 0 Å². The Morgan fingerprint density at radius 1 is 1.28 bits per heavy atom. The van der Waals surface area contributed by atoms with Crippen molar-refractivity contribution in [2.24, 2.45) is 0 Å². The van der Waals surface area contributed by atoms with Gasteiger partial charge in [-0.1, -0.05) is 11.6 Å². The first-order valence-electron chi connectivity index (χ1n) is 7.87. The van der Waals surface area contributed by atoms with Crippen molar-refractivity contribution in [3.8, 4) is 0 Å². The fourth-order valence-corrected chi connectivity index (χ4v) is 2.66. The van der Waals surface area contributed by atoms with Crippen molar-refractivity contribution in [1.82, 2.24) is 19.5 Å². The van der Waals surface area contributed by atoms with Crippen LogP contribution in [0.2, 0.25) is 0 Å². The number of ether oxygens (including phenoxy) is 1. The molecule has 3 rings (SSSR count). The highest BCUT2D eigenvalue weighted by atomic mass is 16.6. The van der Waals surface area contributed by atoms with Crippen LogP contribution in [-0.4, -0.2) is 78.0 Å². The van der Waals surface area contributed by atoms with Crippen LogP contribution < -0.4 is 5.32 Å². The van der Waals surface area contributed by atoms with Crippen LogP contribution in [0, 0.1) is 0 Å². The molecule has 25 heavy (non-hydrogen) atoms. The fourth-order valence-electron chi connectivity index (χ4n) is 2.66. The summed E-state index contributed by atoms with van der Waals surface area (Å²) in [6, 6.07) is 0. The zero-order chi connectivity index (χ0) is 18.0. The molecule has 1 saturated heterocycles. The molecule has 2 aromatic rings. The molecule has 0 bridgehead atoms. The van der Waals surface area contributed by atoms with Gasteiger partial charge < -0.3 is 30.5 Å². The molecule has 10 nitrogen and oxygen atoms in total. The number of imidazole rings is 1. The highest BCUT2D eigenvalue weighted by Crippen LogP contribution is 2.31. The first kappa shape index (κ1) is 17.7. The van der Waals surface area contributed by atoms with E-state index in [0.717, 1.165) is 5.57 Å². The molecule has 3 heterocycles. The normalized spacial score (nSPS) is 27.2. The molecule has 0 spiro atoms. The van der Waals surface area contributed by atoms with E-state index in [-0.39, 0.29) is 6.61 Å². The Hall–Kier alpha value is -2.11. The average Bonchev–Trinajstić information content (AvgIpc) is 3.17. The van der Waals surface area contributed by atoms with Crippen molar-refractivity contribution in [3.05, 3.63) is 24.3 Å². The van der Waals surface area contributed by atoms with E-state index in [1.807, 2.05) is 13.0 Å². The molecule has 0 saturated carbocycles. The number of aromatic nitrogens is 4. The zero-order valence-electron chi connectivity index (χ0n) is 13.6. The largest absolute Gasteiger partial charge is 0.394 e. The second-order valence-corrected chi connectivity index (χ2v) is 5.86. The fraction of sp³-hybridized carbons (Fsp3) is 0.533. The van der Waals surface area contributed by atoms with Crippen molar-refractivity contribution in [2.45, 2.75) is 31.5 Å². The van der Waals surface area contributed by atoms with Crippen LogP contribution in [0.15, 0.2) is 24.3 Å². The number of nitrogens with one attached hydrogen (secondary N) is 1. The molecule has 1 aliphatic rings. The van der Waals surface area contributed by atoms with E-state index in [4.69, 9.17) is 9.84 Å². The minimum atomic E-state index is -1.21. The number of hydrogen-bond donors (Lipinski definition) is 5. The van der Waals surface area contributed by atoms with Gasteiger partial charge >= 0.3 is 0 Å². The molecule has 2 aromatic heterocycles. The second-order valence-electron chi connectivity index (χ2n) is 5.86.